The molecule has 2 atom stereocenters. The van der Waals surface area contributed by atoms with Gasteiger partial charge >= 0.3 is 5.97 Å². The summed E-state index contributed by atoms with van der Waals surface area (Å²) in [4.78, 5) is 13.9. The lowest BCUT2D eigenvalue weighted by molar-refractivity contribution is -0.160. The minimum atomic E-state index is -0.815. The molecular weight excluding hydrogens is 370 g/mol. The summed E-state index contributed by atoms with van der Waals surface area (Å²) >= 11 is 0. The van der Waals surface area contributed by atoms with Gasteiger partial charge in [-0.05, 0) is 32.2 Å². The van der Waals surface area contributed by atoms with Crippen LogP contribution in [0.1, 0.15) is 97.8 Å². The molecule has 1 fully saturated rings. The summed E-state index contributed by atoms with van der Waals surface area (Å²) in [5.41, 5.74) is 0. The standard InChI is InChI=1S/C23H45NO5/c1-4-5-6-7-8-9-10-11-14-20(26)19-24(17-18-25)16-13-12-15-21-22(27)29-23(2,3)28-21/h20-21,25-26H,4-19H2,1-3H3. The van der Waals surface area contributed by atoms with Crippen molar-refractivity contribution in [2.75, 3.05) is 26.2 Å². The van der Waals surface area contributed by atoms with Crippen molar-refractivity contribution in [3.8, 4) is 0 Å². The zero-order chi connectivity index (χ0) is 21.5. The third-order valence-corrected chi connectivity index (χ3v) is 5.50. The van der Waals surface area contributed by atoms with E-state index in [0.29, 0.717) is 19.5 Å². The topological polar surface area (TPSA) is 79.2 Å². The van der Waals surface area contributed by atoms with Gasteiger partial charge in [-0.1, -0.05) is 58.3 Å². The molecule has 1 saturated heterocycles. The normalized spacial score (nSPS) is 19.7. The first-order valence-corrected chi connectivity index (χ1v) is 11.8. The monoisotopic (exact) mass is 415 g/mol. The average molecular weight is 416 g/mol. The van der Waals surface area contributed by atoms with Crippen LogP contribution < -0.4 is 0 Å². The van der Waals surface area contributed by atoms with E-state index in [-0.39, 0.29) is 18.7 Å². The smallest absolute Gasteiger partial charge is 0.337 e. The summed E-state index contributed by atoms with van der Waals surface area (Å²) in [6.45, 7) is 7.82. The fraction of sp³-hybridized carbons (Fsp3) is 0.957. The van der Waals surface area contributed by atoms with E-state index >= 15 is 0 Å². The molecule has 6 heteroatoms. The van der Waals surface area contributed by atoms with E-state index in [9.17, 15) is 15.0 Å². The highest BCUT2D eigenvalue weighted by Gasteiger charge is 2.40. The fourth-order valence-corrected chi connectivity index (χ4v) is 3.90. The van der Waals surface area contributed by atoms with E-state index in [0.717, 1.165) is 32.2 Å². The SMILES string of the molecule is CCCCCCCCCCC(O)CN(CCO)CCCCC1OC(C)(C)OC1=O. The first kappa shape index (κ1) is 26.3. The molecule has 0 radical (unpaired) electrons. The second-order valence-electron chi connectivity index (χ2n) is 8.86. The van der Waals surface area contributed by atoms with Crippen LogP contribution in [0, 0.1) is 0 Å². The van der Waals surface area contributed by atoms with Gasteiger partial charge in [-0.3, -0.25) is 4.90 Å². The molecule has 0 bridgehead atoms. The molecule has 0 spiro atoms. The second kappa shape index (κ2) is 15.2. The van der Waals surface area contributed by atoms with Crippen molar-refractivity contribution in [2.45, 2.75) is 116 Å². The van der Waals surface area contributed by atoms with Crippen LogP contribution >= 0.6 is 0 Å². The van der Waals surface area contributed by atoms with Crippen LogP contribution in [0.4, 0.5) is 0 Å². The van der Waals surface area contributed by atoms with Gasteiger partial charge in [0.15, 0.2) is 6.10 Å². The van der Waals surface area contributed by atoms with Crippen molar-refractivity contribution in [1.82, 2.24) is 4.90 Å². The maximum Gasteiger partial charge on any atom is 0.337 e. The Morgan fingerprint density at radius 1 is 1.00 bits per heavy atom. The molecule has 0 saturated carbocycles. The van der Waals surface area contributed by atoms with Gasteiger partial charge in [-0.2, -0.15) is 0 Å². The summed E-state index contributed by atoms with van der Waals surface area (Å²) in [6.07, 6.45) is 12.6. The highest BCUT2D eigenvalue weighted by atomic mass is 16.8. The van der Waals surface area contributed by atoms with E-state index in [1.807, 2.05) is 0 Å². The number of carbonyl (C=O) groups is 1. The maximum atomic E-state index is 11.8. The molecule has 0 aromatic rings. The predicted octanol–water partition coefficient (Wildman–Crippen LogP) is 4.02. The molecule has 172 valence electrons. The lowest BCUT2D eigenvalue weighted by Gasteiger charge is -2.24. The number of hydrogen-bond acceptors (Lipinski definition) is 6. The first-order valence-electron chi connectivity index (χ1n) is 11.8. The van der Waals surface area contributed by atoms with E-state index in [4.69, 9.17) is 9.47 Å². The van der Waals surface area contributed by atoms with Crippen molar-refractivity contribution < 1.29 is 24.5 Å². The Labute approximate surface area is 177 Å². The quantitative estimate of drug-likeness (QED) is 0.260. The third-order valence-electron chi connectivity index (χ3n) is 5.50. The molecule has 0 amide bonds. The second-order valence-corrected chi connectivity index (χ2v) is 8.86. The summed E-state index contributed by atoms with van der Waals surface area (Å²) in [6, 6.07) is 0. The Morgan fingerprint density at radius 2 is 1.66 bits per heavy atom. The van der Waals surface area contributed by atoms with Gasteiger partial charge in [0.25, 0.3) is 0 Å². The van der Waals surface area contributed by atoms with Crippen LogP contribution in [0.15, 0.2) is 0 Å². The number of nitrogens with zero attached hydrogens (tertiary/aromatic N) is 1. The Kier molecular flexibility index (Phi) is 13.8. The molecule has 2 N–H and O–H groups in total. The highest BCUT2D eigenvalue weighted by molar-refractivity contribution is 5.76. The van der Waals surface area contributed by atoms with Crippen LogP contribution in [0.5, 0.6) is 0 Å². The number of carbonyl (C=O) groups excluding carboxylic acids is 1. The van der Waals surface area contributed by atoms with Crippen molar-refractivity contribution in [1.29, 1.82) is 0 Å². The van der Waals surface area contributed by atoms with Crippen LogP contribution in [-0.4, -0.2) is 65.3 Å². The van der Waals surface area contributed by atoms with Crippen LogP contribution in [-0.2, 0) is 14.3 Å². The number of esters is 1. The summed E-state index contributed by atoms with van der Waals surface area (Å²) in [7, 11) is 0. The van der Waals surface area contributed by atoms with Gasteiger partial charge in [0.05, 0.1) is 12.7 Å². The lowest BCUT2D eigenvalue weighted by Crippen LogP contribution is -2.35. The number of ether oxygens (including phenoxy) is 2. The van der Waals surface area contributed by atoms with E-state index in [1.165, 1.54) is 44.9 Å². The van der Waals surface area contributed by atoms with E-state index < -0.39 is 11.9 Å². The number of unbranched alkanes of at least 4 members (excludes halogenated alkanes) is 8. The van der Waals surface area contributed by atoms with Gasteiger partial charge < -0.3 is 19.7 Å². The van der Waals surface area contributed by atoms with E-state index in [2.05, 4.69) is 11.8 Å². The molecule has 0 aliphatic carbocycles. The van der Waals surface area contributed by atoms with Crippen LogP contribution in [0.3, 0.4) is 0 Å². The number of cyclic esters (lactones) is 1. The molecule has 1 aliphatic rings. The van der Waals surface area contributed by atoms with Crippen molar-refractivity contribution in [3.05, 3.63) is 0 Å². The predicted molar refractivity (Wildman–Crippen MR) is 116 cm³/mol. The number of rotatable bonds is 18. The van der Waals surface area contributed by atoms with Gasteiger partial charge in [-0.15, -0.1) is 0 Å². The zero-order valence-electron chi connectivity index (χ0n) is 19.0. The average Bonchev–Trinajstić information content (AvgIpc) is 2.92. The minimum absolute atomic E-state index is 0.0940. The lowest BCUT2D eigenvalue weighted by atomic mass is 10.1. The fourth-order valence-electron chi connectivity index (χ4n) is 3.90. The summed E-state index contributed by atoms with van der Waals surface area (Å²) < 4.78 is 10.8. The largest absolute Gasteiger partial charge is 0.432 e. The molecule has 29 heavy (non-hydrogen) atoms. The molecule has 0 aromatic carbocycles. The Morgan fingerprint density at radius 3 is 2.24 bits per heavy atom. The maximum absolute atomic E-state index is 11.8. The molecule has 0 aromatic heterocycles. The molecule has 1 rings (SSSR count). The number of aliphatic hydroxyl groups excluding tert-OH is 2. The third kappa shape index (κ3) is 12.6. The minimum Gasteiger partial charge on any atom is -0.432 e. The summed E-state index contributed by atoms with van der Waals surface area (Å²) in [5, 5.41) is 19.6. The van der Waals surface area contributed by atoms with Gasteiger partial charge in [0.2, 0.25) is 5.79 Å². The highest BCUT2D eigenvalue weighted by Crippen LogP contribution is 2.26. The molecule has 2 unspecified atom stereocenters. The Balaban J connectivity index is 2.11. The van der Waals surface area contributed by atoms with Crippen molar-refractivity contribution in [2.24, 2.45) is 0 Å². The first-order chi connectivity index (χ1) is 13.9. The van der Waals surface area contributed by atoms with Gasteiger partial charge in [0.1, 0.15) is 0 Å². The van der Waals surface area contributed by atoms with Crippen LogP contribution in [0.25, 0.3) is 0 Å². The van der Waals surface area contributed by atoms with E-state index in [1.54, 1.807) is 13.8 Å². The van der Waals surface area contributed by atoms with Crippen LogP contribution in [0.2, 0.25) is 0 Å². The molecule has 6 nitrogen and oxygen atoms in total. The van der Waals surface area contributed by atoms with Crippen molar-refractivity contribution in [3.63, 3.8) is 0 Å². The molecular formula is C23H45NO5. The molecule has 1 aliphatic heterocycles. The number of aliphatic hydroxyl groups is 2. The Hall–Kier alpha value is -0.690. The summed E-state index contributed by atoms with van der Waals surface area (Å²) in [5.74, 6) is -1.09. The Bertz CT molecular complexity index is 429. The number of hydrogen-bond donors (Lipinski definition) is 2. The van der Waals surface area contributed by atoms with Gasteiger partial charge in [-0.25, -0.2) is 4.79 Å². The van der Waals surface area contributed by atoms with Gasteiger partial charge in [0, 0.05) is 26.9 Å². The molecule has 1 heterocycles. The zero-order valence-corrected chi connectivity index (χ0v) is 19.0. The van der Waals surface area contributed by atoms with Crippen molar-refractivity contribution >= 4 is 5.97 Å².